The molecule has 4 rings (SSSR count). The maximum Gasteiger partial charge on any atom is 0.120 e. The van der Waals surface area contributed by atoms with Crippen LogP contribution in [0.15, 0.2) is 66.7 Å². The van der Waals surface area contributed by atoms with E-state index in [1.807, 2.05) is 42.5 Å². The van der Waals surface area contributed by atoms with Crippen LogP contribution in [-0.4, -0.2) is 15.4 Å². The Labute approximate surface area is 122 Å². The zero-order valence-electron chi connectivity index (χ0n) is 11.2. The van der Waals surface area contributed by atoms with Crippen molar-refractivity contribution in [1.82, 2.24) is 15.4 Å². The van der Waals surface area contributed by atoms with Gasteiger partial charge in [-0.1, -0.05) is 65.9 Å². The Kier molecular flexibility index (Phi) is 2.75. The molecule has 0 atom stereocenters. The van der Waals surface area contributed by atoms with Crippen molar-refractivity contribution in [3.8, 4) is 22.3 Å². The van der Waals surface area contributed by atoms with E-state index in [-0.39, 0.29) is 0 Å². The zero-order valence-corrected chi connectivity index (χ0v) is 11.2. The lowest BCUT2D eigenvalue weighted by atomic mass is 9.94. The van der Waals surface area contributed by atoms with Crippen LogP contribution >= 0.6 is 0 Å². The van der Waals surface area contributed by atoms with Crippen LogP contribution < -0.4 is 0 Å². The number of nitrogens with one attached hydrogen (secondary N) is 1. The molecule has 4 aromatic rings. The maximum absolute atomic E-state index is 4.21. The van der Waals surface area contributed by atoms with E-state index >= 15 is 0 Å². The van der Waals surface area contributed by atoms with E-state index in [4.69, 9.17) is 0 Å². The number of H-pyrrole nitrogens is 1. The van der Waals surface area contributed by atoms with Gasteiger partial charge in [-0.05, 0) is 28.8 Å². The Bertz CT molecular complexity index is 894. The Morgan fingerprint density at radius 2 is 1.57 bits per heavy atom. The van der Waals surface area contributed by atoms with Gasteiger partial charge in [0.25, 0.3) is 0 Å². The Balaban J connectivity index is 2.00. The molecule has 0 saturated heterocycles. The van der Waals surface area contributed by atoms with E-state index in [9.17, 15) is 0 Å². The van der Waals surface area contributed by atoms with Crippen molar-refractivity contribution in [2.75, 3.05) is 0 Å². The number of aromatic nitrogens is 3. The topological polar surface area (TPSA) is 41.6 Å². The number of rotatable bonds is 2. The molecule has 99 valence electrons. The second-order valence-corrected chi connectivity index (χ2v) is 4.84. The molecule has 1 heterocycles. The molecule has 0 fully saturated rings. The number of fused-ring (bicyclic) bond motifs is 1. The molecule has 0 aliphatic heterocycles. The molecule has 3 nitrogen and oxygen atoms in total. The number of hydrogen-bond acceptors (Lipinski definition) is 2. The molecule has 0 aliphatic carbocycles. The van der Waals surface area contributed by atoms with Crippen molar-refractivity contribution in [3.05, 3.63) is 72.8 Å². The smallest absolute Gasteiger partial charge is 0.120 e. The molecule has 3 heteroatoms. The first-order chi connectivity index (χ1) is 10.4. The predicted octanol–water partition coefficient (Wildman–Crippen LogP) is 4.09. The van der Waals surface area contributed by atoms with Gasteiger partial charge in [-0.25, -0.2) is 0 Å². The first kappa shape index (κ1) is 11.9. The minimum Gasteiger partial charge on any atom is -0.258 e. The van der Waals surface area contributed by atoms with Gasteiger partial charge in [0, 0.05) is 5.56 Å². The average Bonchev–Trinajstić information content (AvgIpc) is 3.04. The maximum atomic E-state index is 4.21. The van der Waals surface area contributed by atoms with Gasteiger partial charge < -0.3 is 0 Å². The Hall–Kier alpha value is -2.94. The van der Waals surface area contributed by atoms with Gasteiger partial charge in [0.15, 0.2) is 0 Å². The van der Waals surface area contributed by atoms with Gasteiger partial charge in [-0.2, -0.15) is 0 Å². The number of hydrogen-bond donors (Lipinski definition) is 1. The van der Waals surface area contributed by atoms with Crippen LogP contribution in [0.4, 0.5) is 0 Å². The molecule has 1 N–H and O–H groups in total. The number of nitrogens with zero attached hydrogens (tertiary/aromatic N) is 2. The fraction of sp³-hybridized carbons (Fsp3) is 0. The molecule has 21 heavy (non-hydrogen) atoms. The SMILES string of the molecule is [c]1ccccc1-c1ccccc1-c1cccc2[nH]nnc12. The fourth-order valence-corrected chi connectivity index (χ4v) is 2.60. The zero-order chi connectivity index (χ0) is 14.1. The summed E-state index contributed by atoms with van der Waals surface area (Å²) in [5, 5.41) is 11.0. The van der Waals surface area contributed by atoms with Gasteiger partial charge in [0.05, 0.1) is 5.52 Å². The molecular formula is C18H12N3. The fourth-order valence-electron chi connectivity index (χ4n) is 2.60. The lowest BCUT2D eigenvalue weighted by Crippen LogP contribution is -1.86. The highest BCUT2D eigenvalue weighted by Crippen LogP contribution is 2.34. The monoisotopic (exact) mass is 270 g/mol. The first-order valence-electron chi connectivity index (χ1n) is 6.80. The normalized spacial score (nSPS) is 10.9. The predicted molar refractivity (Wildman–Crippen MR) is 83.6 cm³/mol. The highest BCUT2D eigenvalue weighted by molar-refractivity contribution is 5.96. The molecule has 3 aromatic carbocycles. The lowest BCUT2D eigenvalue weighted by Gasteiger charge is -2.10. The van der Waals surface area contributed by atoms with Crippen LogP contribution in [0.1, 0.15) is 0 Å². The van der Waals surface area contributed by atoms with Crippen molar-refractivity contribution in [2.45, 2.75) is 0 Å². The van der Waals surface area contributed by atoms with Gasteiger partial charge >= 0.3 is 0 Å². The van der Waals surface area contributed by atoms with Gasteiger partial charge in [0.1, 0.15) is 5.52 Å². The van der Waals surface area contributed by atoms with Gasteiger partial charge in [-0.3, -0.25) is 5.10 Å². The van der Waals surface area contributed by atoms with E-state index in [1.165, 1.54) is 0 Å². The molecular weight excluding hydrogens is 258 g/mol. The quantitative estimate of drug-likeness (QED) is 0.596. The van der Waals surface area contributed by atoms with E-state index in [0.717, 1.165) is 33.3 Å². The largest absolute Gasteiger partial charge is 0.258 e. The van der Waals surface area contributed by atoms with E-state index < -0.39 is 0 Å². The third kappa shape index (κ3) is 1.99. The molecule has 1 aromatic heterocycles. The highest BCUT2D eigenvalue weighted by atomic mass is 15.3. The van der Waals surface area contributed by atoms with Crippen LogP contribution in [-0.2, 0) is 0 Å². The van der Waals surface area contributed by atoms with Crippen molar-refractivity contribution < 1.29 is 0 Å². The molecule has 0 aliphatic rings. The second kappa shape index (κ2) is 4.87. The summed E-state index contributed by atoms with van der Waals surface area (Å²) >= 11 is 0. The molecule has 0 unspecified atom stereocenters. The van der Waals surface area contributed by atoms with Crippen LogP contribution in [0.3, 0.4) is 0 Å². The molecule has 0 spiro atoms. The van der Waals surface area contributed by atoms with Crippen molar-refractivity contribution >= 4 is 11.0 Å². The first-order valence-corrected chi connectivity index (χ1v) is 6.80. The summed E-state index contributed by atoms with van der Waals surface area (Å²) < 4.78 is 0. The van der Waals surface area contributed by atoms with E-state index in [0.29, 0.717) is 0 Å². The Morgan fingerprint density at radius 3 is 2.43 bits per heavy atom. The number of benzene rings is 3. The molecule has 0 amide bonds. The third-order valence-corrected chi connectivity index (χ3v) is 3.57. The summed E-state index contributed by atoms with van der Waals surface area (Å²) in [6, 6.07) is 25.7. The standard InChI is InChI=1S/C18H12N3/c1-2-7-13(8-3-1)14-9-4-5-10-15(14)16-11-6-12-17-18(16)20-21-19-17/h1-7,9-12H,(H,19,20,21). The van der Waals surface area contributed by atoms with Crippen LogP contribution in [0.25, 0.3) is 33.3 Å². The van der Waals surface area contributed by atoms with E-state index in [1.54, 1.807) is 0 Å². The molecule has 0 bridgehead atoms. The molecule has 0 saturated carbocycles. The Morgan fingerprint density at radius 1 is 0.762 bits per heavy atom. The summed E-state index contributed by atoms with van der Waals surface area (Å²) in [5.74, 6) is 0. The van der Waals surface area contributed by atoms with Crippen molar-refractivity contribution in [2.24, 2.45) is 0 Å². The third-order valence-electron chi connectivity index (χ3n) is 3.57. The summed E-state index contributed by atoms with van der Waals surface area (Å²) in [4.78, 5) is 0. The lowest BCUT2D eigenvalue weighted by molar-refractivity contribution is 0.959. The second-order valence-electron chi connectivity index (χ2n) is 4.84. The summed E-state index contributed by atoms with van der Waals surface area (Å²) in [5.41, 5.74) is 6.27. The van der Waals surface area contributed by atoms with Crippen molar-refractivity contribution in [1.29, 1.82) is 0 Å². The van der Waals surface area contributed by atoms with Crippen LogP contribution in [0.2, 0.25) is 0 Å². The number of aromatic amines is 1. The van der Waals surface area contributed by atoms with E-state index in [2.05, 4.69) is 45.7 Å². The molecule has 1 radical (unpaired) electrons. The summed E-state index contributed by atoms with van der Waals surface area (Å²) in [6.45, 7) is 0. The van der Waals surface area contributed by atoms with Gasteiger partial charge in [0.2, 0.25) is 0 Å². The highest BCUT2D eigenvalue weighted by Gasteiger charge is 2.11. The average molecular weight is 270 g/mol. The van der Waals surface area contributed by atoms with Crippen LogP contribution in [0, 0.1) is 6.07 Å². The minimum atomic E-state index is 0.890. The summed E-state index contributed by atoms with van der Waals surface area (Å²) in [6.07, 6.45) is 0. The van der Waals surface area contributed by atoms with Crippen molar-refractivity contribution in [3.63, 3.8) is 0 Å². The summed E-state index contributed by atoms with van der Waals surface area (Å²) in [7, 11) is 0. The minimum absolute atomic E-state index is 0.890. The van der Waals surface area contributed by atoms with Crippen LogP contribution in [0.5, 0.6) is 0 Å². The van der Waals surface area contributed by atoms with Gasteiger partial charge in [-0.15, -0.1) is 5.10 Å².